The van der Waals surface area contributed by atoms with Gasteiger partial charge >= 0.3 is 0 Å². The molecule has 26 heavy (non-hydrogen) atoms. The fourth-order valence-electron chi connectivity index (χ4n) is 2.44. The normalized spacial score (nSPS) is 15.8. The summed E-state index contributed by atoms with van der Waals surface area (Å²) >= 11 is 18.4. The quantitative estimate of drug-likeness (QED) is 0.277. The molecule has 1 aliphatic heterocycles. The third kappa shape index (κ3) is 3.48. The monoisotopic (exact) mass is 424 g/mol. The largest absolute Gasteiger partial charge is 0.288 e. The Bertz CT molecular complexity index is 992. The molecule has 1 amide bonds. The van der Waals surface area contributed by atoms with Crippen LogP contribution in [0.5, 0.6) is 0 Å². The number of nitro groups is 1. The van der Waals surface area contributed by atoms with Gasteiger partial charge in [0, 0.05) is 16.7 Å². The number of amides is 1. The molecule has 0 N–H and O–H groups in total. The van der Waals surface area contributed by atoms with Crippen LogP contribution < -0.4 is 4.90 Å². The highest BCUT2D eigenvalue weighted by atomic mass is 35.5. The standard InChI is InChI=1S/C17H10Cl2N2O3S2/c1-9-4-2-3-5-13(9)20-16(22)15(26-17(20)25)7-10-6-14(21(23)24)12(19)8-11(10)18/h2-8H,1H3/b15-7-. The highest BCUT2D eigenvalue weighted by Crippen LogP contribution is 2.39. The molecule has 132 valence electrons. The fraction of sp³-hybridized carbons (Fsp3) is 0.0588. The Labute approximate surface area is 168 Å². The Balaban J connectivity index is 2.03. The second kappa shape index (κ2) is 7.36. The third-order valence-corrected chi connectivity index (χ3v) is 5.63. The maximum Gasteiger partial charge on any atom is 0.288 e. The lowest BCUT2D eigenvalue weighted by molar-refractivity contribution is -0.384. The van der Waals surface area contributed by atoms with Gasteiger partial charge in [0.2, 0.25) is 0 Å². The summed E-state index contributed by atoms with van der Waals surface area (Å²) in [6, 6.07) is 9.92. The van der Waals surface area contributed by atoms with Gasteiger partial charge in [0.25, 0.3) is 11.6 Å². The van der Waals surface area contributed by atoms with Crippen molar-refractivity contribution in [3.8, 4) is 0 Å². The highest BCUT2D eigenvalue weighted by molar-refractivity contribution is 8.27. The van der Waals surface area contributed by atoms with Crippen molar-refractivity contribution in [2.75, 3.05) is 4.90 Å². The summed E-state index contributed by atoms with van der Waals surface area (Å²) in [5.41, 5.74) is 1.65. The number of carbonyl (C=O) groups excluding carboxylic acids is 1. The van der Waals surface area contributed by atoms with E-state index in [1.807, 2.05) is 31.2 Å². The number of anilines is 1. The van der Waals surface area contributed by atoms with Gasteiger partial charge in [0.1, 0.15) is 5.02 Å². The van der Waals surface area contributed by atoms with Gasteiger partial charge in [-0.3, -0.25) is 19.8 Å². The van der Waals surface area contributed by atoms with Gasteiger partial charge in [-0.15, -0.1) is 0 Å². The van der Waals surface area contributed by atoms with E-state index in [0.717, 1.165) is 17.3 Å². The van der Waals surface area contributed by atoms with Gasteiger partial charge in [-0.2, -0.15) is 0 Å². The van der Waals surface area contributed by atoms with Crippen molar-refractivity contribution in [2.45, 2.75) is 6.92 Å². The van der Waals surface area contributed by atoms with Crippen LogP contribution in [0.25, 0.3) is 6.08 Å². The van der Waals surface area contributed by atoms with E-state index in [0.29, 0.717) is 20.5 Å². The number of thiocarbonyl (C=S) groups is 1. The number of hydrogen-bond donors (Lipinski definition) is 0. The van der Waals surface area contributed by atoms with Crippen LogP contribution in [0.15, 0.2) is 41.3 Å². The molecular formula is C17H10Cl2N2O3S2. The fourth-order valence-corrected chi connectivity index (χ4v) is 4.22. The lowest BCUT2D eigenvalue weighted by Gasteiger charge is -2.16. The molecule has 2 aromatic rings. The maximum atomic E-state index is 12.8. The molecular weight excluding hydrogens is 415 g/mol. The molecule has 3 rings (SSSR count). The molecule has 1 saturated heterocycles. The first kappa shape index (κ1) is 18.8. The van der Waals surface area contributed by atoms with Gasteiger partial charge in [-0.25, -0.2) is 0 Å². The number of nitrogens with zero attached hydrogens (tertiary/aromatic N) is 2. The van der Waals surface area contributed by atoms with E-state index in [4.69, 9.17) is 35.4 Å². The molecule has 0 bridgehead atoms. The molecule has 0 saturated carbocycles. The van der Waals surface area contributed by atoms with Crippen LogP contribution in [-0.2, 0) is 4.79 Å². The molecule has 1 heterocycles. The Hall–Kier alpha value is -1.93. The molecule has 0 radical (unpaired) electrons. The van der Waals surface area contributed by atoms with Crippen molar-refractivity contribution in [1.29, 1.82) is 0 Å². The SMILES string of the molecule is Cc1ccccc1N1C(=O)/C(=C/c2cc([N+](=O)[O-])c(Cl)cc2Cl)SC1=S. The summed E-state index contributed by atoms with van der Waals surface area (Å²) in [4.78, 5) is 25.1. The summed E-state index contributed by atoms with van der Waals surface area (Å²) in [5, 5.41) is 11.2. The highest BCUT2D eigenvalue weighted by Gasteiger charge is 2.34. The molecule has 0 atom stereocenters. The Morgan fingerprint density at radius 1 is 1.23 bits per heavy atom. The first-order valence-electron chi connectivity index (χ1n) is 7.26. The van der Waals surface area contributed by atoms with Crippen LogP contribution in [0.4, 0.5) is 11.4 Å². The topological polar surface area (TPSA) is 63.5 Å². The number of thioether (sulfide) groups is 1. The number of carbonyl (C=O) groups is 1. The van der Waals surface area contributed by atoms with Crippen molar-refractivity contribution >= 4 is 74.9 Å². The summed E-state index contributed by atoms with van der Waals surface area (Å²) in [7, 11) is 0. The maximum absolute atomic E-state index is 12.8. The van der Waals surface area contributed by atoms with Crippen molar-refractivity contribution in [2.24, 2.45) is 0 Å². The average molecular weight is 425 g/mol. The summed E-state index contributed by atoms with van der Waals surface area (Å²) in [5.74, 6) is -0.303. The number of benzene rings is 2. The van der Waals surface area contributed by atoms with Gasteiger partial charge in [0.05, 0.1) is 15.5 Å². The number of halogens is 2. The van der Waals surface area contributed by atoms with E-state index >= 15 is 0 Å². The lowest BCUT2D eigenvalue weighted by Crippen LogP contribution is -2.28. The Kier molecular flexibility index (Phi) is 5.34. The smallest absolute Gasteiger partial charge is 0.268 e. The van der Waals surface area contributed by atoms with Crippen molar-refractivity contribution in [1.82, 2.24) is 0 Å². The molecule has 5 nitrogen and oxygen atoms in total. The Morgan fingerprint density at radius 2 is 1.92 bits per heavy atom. The Morgan fingerprint density at radius 3 is 2.58 bits per heavy atom. The molecule has 2 aromatic carbocycles. The molecule has 1 fully saturated rings. The molecule has 0 spiro atoms. The summed E-state index contributed by atoms with van der Waals surface area (Å²) in [6.45, 7) is 1.89. The molecule has 9 heteroatoms. The lowest BCUT2D eigenvalue weighted by atomic mass is 10.1. The van der Waals surface area contributed by atoms with Gasteiger partial charge in [0.15, 0.2) is 4.32 Å². The van der Waals surface area contributed by atoms with E-state index in [1.165, 1.54) is 23.1 Å². The number of hydrogen-bond acceptors (Lipinski definition) is 5. The number of rotatable bonds is 3. The van der Waals surface area contributed by atoms with Crippen LogP contribution in [-0.4, -0.2) is 15.2 Å². The minimum absolute atomic E-state index is 0.0652. The zero-order valence-corrected chi connectivity index (χ0v) is 16.4. The molecule has 0 aliphatic carbocycles. The number of nitro benzene ring substituents is 1. The van der Waals surface area contributed by atoms with E-state index in [1.54, 1.807) is 0 Å². The van der Waals surface area contributed by atoms with Gasteiger partial charge in [-0.05, 0) is 30.7 Å². The van der Waals surface area contributed by atoms with Crippen LogP contribution in [0.3, 0.4) is 0 Å². The predicted octanol–water partition coefficient (Wildman–Crippen LogP) is 5.62. The minimum Gasteiger partial charge on any atom is -0.268 e. The molecule has 1 aliphatic rings. The van der Waals surface area contributed by atoms with E-state index in [-0.39, 0.29) is 21.6 Å². The minimum atomic E-state index is -0.603. The second-order valence-corrected chi connectivity index (χ2v) is 7.88. The summed E-state index contributed by atoms with van der Waals surface area (Å²) in [6.07, 6.45) is 1.49. The van der Waals surface area contributed by atoms with E-state index < -0.39 is 4.92 Å². The zero-order chi connectivity index (χ0) is 19.0. The number of aryl methyl sites for hydroxylation is 1. The van der Waals surface area contributed by atoms with Crippen molar-refractivity contribution < 1.29 is 9.72 Å². The van der Waals surface area contributed by atoms with Crippen molar-refractivity contribution in [3.05, 3.63) is 72.6 Å². The third-order valence-electron chi connectivity index (χ3n) is 3.70. The van der Waals surface area contributed by atoms with E-state index in [9.17, 15) is 14.9 Å². The van der Waals surface area contributed by atoms with Crippen LogP contribution in [0, 0.1) is 17.0 Å². The molecule has 0 aromatic heterocycles. The van der Waals surface area contributed by atoms with Crippen molar-refractivity contribution in [3.63, 3.8) is 0 Å². The second-order valence-electron chi connectivity index (χ2n) is 5.39. The summed E-state index contributed by atoms with van der Waals surface area (Å²) < 4.78 is 0.384. The molecule has 0 unspecified atom stereocenters. The van der Waals surface area contributed by atoms with Crippen LogP contribution in [0.2, 0.25) is 10.0 Å². The number of para-hydroxylation sites is 1. The first-order valence-corrected chi connectivity index (χ1v) is 9.24. The van der Waals surface area contributed by atoms with Gasteiger partial charge in [-0.1, -0.05) is 65.4 Å². The van der Waals surface area contributed by atoms with Crippen LogP contribution >= 0.6 is 47.2 Å². The predicted molar refractivity (Wildman–Crippen MR) is 110 cm³/mol. The van der Waals surface area contributed by atoms with E-state index in [2.05, 4.69) is 0 Å². The van der Waals surface area contributed by atoms with Gasteiger partial charge < -0.3 is 0 Å². The first-order chi connectivity index (χ1) is 12.3. The zero-order valence-electron chi connectivity index (χ0n) is 13.2. The average Bonchev–Trinajstić information content (AvgIpc) is 2.84. The van der Waals surface area contributed by atoms with Crippen LogP contribution in [0.1, 0.15) is 11.1 Å².